The fraction of sp³-hybridized carbons (Fsp3) is 0.227. The molecule has 5 rings (SSSR count). The Bertz CT molecular complexity index is 1440. The number of aromatic amines is 1. The van der Waals surface area contributed by atoms with Crippen molar-refractivity contribution in [2.75, 3.05) is 29.1 Å². The lowest BCUT2D eigenvalue weighted by Crippen LogP contribution is -2.22. The molecule has 0 bridgehead atoms. The lowest BCUT2D eigenvalue weighted by molar-refractivity contribution is 0.290. The van der Waals surface area contributed by atoms with Crippen molar-refractivity contribution in [3.63, 3.8) is 0 Å². The Kier molecular flexibility index (Phi) is 5.43. The molecule has 0 unspecified atom stereocenters. The minimum atomic E-state index is -3.29. The summed E-state index contributed by atoms with van der Waals surface area (Å²) in [5.41, 5.74) is 2.75. The van der Waals surface area contributed by atoms with E-state index in [-0.39, 0.29) is 24.1 Å². The maximum atomic E-state index is 14.9. The van der Waals surface area contributed by atoms with Crippen molar-refractivity contribution in [2.24, 2.45) is 0 Å². The second-order valence-electron chi connectivity index (χ2n) is 7.72. The first kappa shape index (κ1) is 21.3. The van der Waals surface area contributed by atoms with Gasteiger partial charge in [-0.3, -0.25) is 5.10 Å². The second kappa shape index (κ2) is 8.41. The monoisotopic (exact) mass is 468 g/mol. The minimum Gasteiger partial charge on any atom is -0.396 e. The number of benzene rings is 2. The molecule has 3 heterocycles. The number of aromatic nitrogens is 4. The number of fused-ring (bicyclic) bond motifs is 2. The first-order valence-electron chi connectivity index (χ1n) is 10.4. The van der Waals surface area contributed by atoms with Gasteiger partial charge in [-0.25, -0.2) is 17.8 Å². The molecule has 3 N–H and O–H groups in total. The van der Waals surface area contributed by atoms with Crippen LogP contribution in [0.5, 0.6) is 0 Å². The molecule has 0 fully saturated rings. The summed E-state index contributed by atoms with van der Waals surface area (Å²) in [7, 11) is -3.29. The summed E-state index contributed by atoms with van der Waals surface area (Å²) in [6, 6.07) is 10.6. The van der Waals surface area contributed by atoms with Gasteiger partial charge >= 0.3 is 0 Å². The van der Waals surface area contributed by atoms with Gasteiger partial charge in [-0.05, 0) is 42.7 Å². The Morgan fingerprint density at radius 3 is 2.94 bits per heavy atom. The average molecular weight is 469 g/mol. The molecule has 2 aromatic heterocycles. The summed E-state index contributed by atoms with van der Waals surface area (Å²) in [4.78, 5) is 10.4. The number of nitrogens with zero attached hydrogens (tertiary/aromatic N) is 4. The van der Waals surface area contributed by atoms with E-state index >= 15 is 0 Å². The highest BCUT2D eigenvalue weighted by Gasteiger charge is 2.26. The summed E-state index contributed by atoms with van der Waals surface area (Å²) in [6.45, 7) is 0.241. The maximum absolute atomic E-state index is 14.9. The third-order valence-corrected chi connectivity index (χ3v) is 7.36. The number of H-pyrrole nitrogens is 1. The van der Waals surface area contributed by atoms with Gasteiger partial charge in [-0.1, -0.05) is 12.1 Å². The van der Waals surface area contributed by atoms with Gasteiger partial charge in [-0.15, -0.1) is 0 Å². The van der Waals surface area contributed by atoms with Crippen LogP contribution in [0.4, 0.5) is 27.5 Å². The summed E-state index contributed by atoms with van der Waals surface area (Å²) in [5, 5.41) is 20.1. The molecule has 0 saturated heterocycles. The van der Waals surface area contributed by atoms with Crippen molar-refractivity contribution in [3.05, 3.63) is 60.2 Å². The molecule has 4 aromatic rings. The Hall–Kier alpha value is -3.57. The number of aliphatic hydroxyl groups excluding tert-OH is 1. The number of rotatable bonds is 7. The summed E-state index contributed by atoms with van der Waals surface area (Å²) >= 11 is 0. The van der Waals surface area contributed by atoms with E-state index in [1.807, 2.05) is 18.2 Å². The average Bonchev–Trinajstić information content (AvgIpc) is 3.41. The normalized spacial score (nSPS) is 14.4. The van der Waals surface area contributed by atoms with Crippen LogP contribution in [0, 0.1) is 5.82 Å². The Labute approximate surface area is 189 Å². The van der Waals surface area contributed by atoms with Crippen molar-refractivity contribution in [3.8, 4) is 0 Å². The second-order valence-corrected chi connectivity index (χ2v) is 9.80. The molecule has 0 amide bonds. The Morgan fingerprint density at radius 1 is 1.21 bits per heavy atom. The van der Waals surface area contributed by atoms with Gasteiger partial charge in [0.25, 0.3) is 0 Å². The number of aliphatic hydroxyl groups is 1. The quantitative estimate of drug-likeness (QED) is 0.378. The highest BCUT2D eigenvalue weighted by Crippen LogP contribution is 2.33. The third-order valence-electron chi connectivity index (χ3n) is 5.57. The van der Waals surface area contributed by atoms with Gasteiger partial charge in [0, 0.05) is 24.2 Å². The molecule has 170 valence electrons. The molecule has 0 aliphatic carbocycles. The number of aryl methyl sites for hydroxylation is 1. The van der Waals surface area contributed by atoms with Gasteiger partial charge < -0.3 is 15.3 Å². The summed E-state index contributed by atoms with van der Waals surface area (Å²) in [6.07, 6.45) is 3.60. The van der Waals surface area contributed by atoms with Crippen LogP contribution in [0.3, 0.4) is 0 Å². The molecule has 0 saturated carbocycles. The summed E-state index contributed by atoms with van der Waals surface area (Å²) in [5.74, 6) is -0.378. The fourth-order valence-corrected chi connectivity index (χ4v) is 5.56. The lowest BCUT2D eigenvalue weighted by Gasteiger charge is -2.25. The predicted molar refractivity (Wildman–Crippen MR) is 122 cm³/mol. The molecule has 1 aliphatic rings. The van der Waals surface area contributed by atoms with E-state index in [9.17, 15) is 17.9 Å². The van der Waals surface area contributed by atoms with Gasteiger partial charge in [0.2, 0.25) is 5.95 Å². The zero-order valence-electron chi connectivity index (χ0n) is 17.5. The van der Waals surface area contributed by atoms with Crippen molar-refractivity contribution < 1.29 is 17.9 Å². The van der Waals surface area contributed by atoms with Crippen molar-refractivity contribution >= 4 is 43.9 Å². The van der Waals surface area contributed by atoms with Gasteiger partial charge in [0.05, 0.1) is 34.2 Å². The number of halogens is 1. The molecule has 0 atom stereocenters. The topological polar surface area (TPSA) is 124 Å². The minimum absolute atomic E-state index is 0.0310. The SMILES string of the molecule is O=S1(=O)CCc2ccc(Nc3ncc(F)c(N(CCCO)c4cccc5[nH]ncc45)n3)cc21. The van der Waals surface area contributed by atoms with Crippen LogP contribution < -0.4 is 10.2 Å². The predicted octanol–water partition coefficient (Wildman–Crippen LogP) is 3.09. The third kappa shape index (κ3) is 4.00. The first-order valence-corrected chi connectivity index (χ1v) is 12.1. The molecule has 1 aliphatic heterocycles. The Balaban J connectivity index is 1.53. The molecule has 33 heavy (non-hydrogen) atoms. The van der Waals surface area contributed by atoms with E-state index in [0.29, 0.717) is 35.7 Å². The fourth-order valence-electron chi connectivity index (χ4n) is 3.98. The van der Waals surface area contributed by atoms with Crippen LogP contribution in [-0.2, 0) is 16.3 Å². The van der Waals surface area contributed by atoms with Gasteiger partial charge in [0.1, 0.15) is 0 Å². The lowest BCUT2D eigenvalue weighted by atomic mass is 10.1. The van der Waals surface area contributed by atoms with E-state index in [2.05, 4.69) is 25.5 Å². The van der Waals surface area contributed by atoms with Crippen LogP contribution >= 0.6 is 0 Å². The molecule has 0 spiro atoms. The Morgan fingerprint density at radius 2 is 2.09 bits per heavy atom. The van der Waals surface area contributed by atoms with Gasteiger partial charge in [0.15, 0.2) is 21.5 Å². The number of hydrogen-bond donors (Lipinski definition) is 3. The van der Waals surface area contributed by atoms with E-state index in [4.69, 9.17) is 0 Å². The van der Waals surface area contributed by atoms with Crippen LogP contribution in [0.15, 0.2) is 53.7 Å². The highest BCUT2D eigenvalue weighted by atomic mass is 32.2. The van der Waals surface area contributed by atoms with Crippen LogP contribution in [0.1, 0.15) is 12.0 Å². The molecule has 9 nitrogen and oxygen atoms in total. The zero-order chi connectivity index (χ0) is 23.0. The first-order chi connectivity index (χ1) is 16.0. The van der Waals surface area contributed by atoms with E-state index in [0.717, 1.165) is 22.7 Å². The number of hydrogen-bond acceptors (Lipinski definition) is 8. The van der Waals surface area contributed by atoms with E-state index in [1.54, 1.807) is 29.3 Å². The van der Waals surface area contributed by atoms with Gasteiger partial charge in [-0.2, -0.15) is 10.1 Å². The van der Waals surface area contributed by atoms with Crippen molar-refractivity contribution in [1.82, 2.24) is 20.2 Å². The molecular weight excluding hydrogens is 447 g/mol. The smallest absolute Gasteiger partial charge is 0.229 e. The molecule has 2 aromatic carbocycles. The standard InChI is InChI=1S/C22H21FN6O3S/c23-17-13-24-22(26-15-6-5-14-7-10-33(31,32)20(14)11-15)27-21(17)29(8-2-9-30)19-4-1-3-18-16(19)12-25-28-18/h1,3-6,11-13,30H,2,7-10H2,(H,25,28)(H,24,26,27). The molecule has 0 radical (unpaired) electrons. The zero-order valence-corrected chi connectivity index (χ0v) is 18.3. The van der Waals surface area contributed by atoms with Crippen LogP contribution in [0.25, 0.3) is 10.9 Å². The van der Waals surface area contributed by atoms with Crippen LogP contribution in [0.2, 0.25) is 0 Å². The number of sulfone groups is 1. The van der Waals surface area contributed by atoms with E-state index in [1.165, 1.54) is 0 Å². The van der Waals surface area contributed by atoms with Crippen molar-refractivity contribution in [2.45, 2.75) is 17.7 Å². The largest absolute Gasteiger partial charge is 0.396 e. The number of nitrogens with one attached hydrogen (secondary N) is 2. The van der Waals surface area contributed by atoms with Crippen molar-refractivity contribution in [1.29, 1.82) is 0 Å². The number of anilines is 4. The highest BCUT2D eigenvalue weighted by molar-refractivity contribution is 7.91. The van der Waals surface area contributed by atoms with E-state index < -0.39 is 15.7 Å². The summed E-state index contributed by atoms with van der Waals surface area (Å²) < 4.78 is 39.4. The maximum Gasteiger partial charge on any atom is 0.229 e. The molecule has 11 heteroatoms. The molecular formula is C22H21FN6O3S. The van der Waals surface area contributed by atoms with Crippen LogP contribution in [-0.4, -0.2) is 52.6 Å².